The first kappa shape index (κ1) is 5.36. The highest BCUT2D eigenvalue weighted by Gasteiger charge is 2.56. The standard InChI is InChI=1S/C10H13N/c1-2-6-5(1)3-7(6)10-8-4-9(8)11-10/h4-7,9-11H,1-3H2. The number of nitrogens with one attached hydrogen (secondary N) is 1. The van der Waals surface area contributed by atoms with Crippen molar-refractivity contribution >= 4 is 0 Å². The lowest BCUT2D eigenvalue weighted by atomic mass is 9.50. The lowest BCUT2D eigenvalue weighted by Crippen LogP contribution is -2.59. The van der Waals surface area contributed by atoms with Crippen molar-refractivity contribution in [2.24, 2.45) is 17.8 Å². The molecule has 0 aromatic carbocycles. The molecule has 11 heavy (non-hydrogen) atoms. The van der Waals surface area contributed by atoms with Crippen molar-refractivity contribution in [3.8, 4) is 0 Å². The fourth-order valence-corrected chi connectivity index (χ4v) is 3.31. The molecule has 0 aromatic rings. The summed E-state index contributed by atoms with van der Waals surface area (Å²) in [6.07, 6.45) is 7.00. The second kappa shape index (κ2) is 1.42. The largest absolute Gasteiger partial charge is 0.300 e. The van der Waals surface area contributed by atoms with Gasteiger partial charge in [-0.15, -0.1) is 0 Å². The number of rotatable bonds is 1. The third-order valence-electron chi connectivity index (χ3n) is 4.36. The van der Waals surface area contributed by atoms with Gasteiger partial charge in [0.05, 0.1) is 0 Å². The second-order valence-electron chi connectivity index (χ2n) is 4.69. The molecule has 1 heteroatoms. The van der Waals surface area contributed by atoms with Gasteiger partial charge in [-0.3, -0.25) is 0 Å². The van der Waals surface area contributed by atoms with Crippen molar-refractivity contribution in [1.82, 2.24) is 5.32 Å². The third kappa shape index (κ3) is 0.478. The number of hydrogen-bond donors (Lipinski definition) is 1. The molecule has 1 saturated heterocycles. The molecule has 4 aliphatic rings. The normalized spacial score (nSPS) is 62.5. The summed E-state index contributed by atoms with van der Waals surface area (Å²) in [5.74, 6) is 3.34. The number of fused-ring (bicyclic) bond motifs is 2. The summed E-state index contributed by atoms with van der Waals surface area (Å²) in [4.78, 5) is 0. The first-order valence-corrected chi connectivity index (χ1v) is 4.91. The average molecular weight is 147 g/mol. The molecule has 4 rings (SSSR count). The van der Waals surface area contributed by atoms with E-state index in [1.54, 1.807) is 5.57 Å². The monoisotopic (exact) mass is 147 g/mol. The van der Waals surface area contributed by atoms with E-state index in [1.165, 1.54) is 19.3 Å². The highest BCUT2D eigenvalue weighted by atomic mass is 15.1. The summed E-state index contributed by atoms with van der Waals surface area (Å²) in [6, 6.07) is 1.63. The molecule has 5 atom stereocenters. The molecule has 0 bridgehead atoms. The summed E-state index contributed by atoms with van der Waals surface area (Å²) in [6.45, 7) is 0. The van der Waals surface area contributed by atoms with E-state index in [1.807, 2.05) is 0 Å². The molecule has 0 amide bonds. The molecule has 1 heterocycles. The van der Waals surface area contributed by atoms with Crippen LogP contribution >= 0.6 is 0 Å². The Kier molecular flexibility index (Phi) is 0.695. The highest BCUT2D eigenvalue weighted by molar-refractivity contribution is 5.49. The maximum Gasteiger partial charge on any atom is 0.0490 e. The van der Waals surface area contributed by atoms with Crippen molar-refractivity contribution in [1.29, 1.82) is 0 Å². The van der Waals surface area contributed by atoms with Crippen LogP contribution in [0.1, 0.15) is 19.3 Å². The lowest BCUT2D eigenvalue weighted by molar-refractivity contribution is -0.0447. The Morgan fingerprint density at radius 3 is 2.64 bits per heavy atom. The van der Waals surface area contributed by atoms with Gasteiger partial charge in [0.15, 0.2) is 0 Å². The SMILES string of the molecule is C1=C2C1NC2C1CC2CCC21. The Hall–Kier alpha value is -0.300. The van der Waals surface area contributed by atoms with Crippen molar-refractivity contribution in [2.45, 2.75) is 31.3 Å². The van der Waals surface area contributed by atoms with Gasteiger partial charge < -0.3 is 5.32 Å². The van der Waals surface area contributed by atoms with Crippen LogP contribution in [0.15, 0.2) is 11.6 Å². The third-order valence-corrected chi connectivity index (χ3v) is 4.36. The van der Waals surface area contributed by atoms with Gasteiger partial charge in [-0.25, -0.2) is 0 Å². The Balaban J connectivity index is 1.54. The van der Waals surface area contributed by atoms with E-state index in [2.05, 4.69) is 11.4 Å². The van der Waals surface area contributed by atoms with Gasteiger partial charge in [0.1, 0.15) is 0 Å². The average Bonchev–Trinajstić information content (AvgIpc) is 2.55. The van der Waals surface area contributed by atoms with Crippen molar-refractivity contribution in [2.75, 3.05) is 0 Å². The van der Waals surface area contributed by atoms with Gasteiger partial charge in [-0.1, -0.05) is 6.08 Å². The zero-order valence-corrected chi connectivity index (χ0v) is 6.59. The first-order chi connectivity index (χ1) is 5.43. The Bertz CT molecular complexity index is 256. The van der Waals surface area contributed by atoms with Crippen LogP contribution in [0.5, 0.6) is 0 Å². The first-order valence-electron chi connectivity index (χ1n) is 4.91. The van der Waals surface area contributed by atoms with E-state index in [-0.39, 0.29) is 0 Å². The van der Waals surface area contributed by atoms with Gasteiger partial charge in [0.25, 0.3) is 0 Å². The second-order valence-corrected chi connectivity index (χ2v) is 4.69. The summed E-state index contributed by atoms with van der Waals surface area (Å²) < 4.78 is 0. The van der Waals surface area contributed by atoms with Crippen LogP contribution in [0.25, 0.3) is 0 Å². The van der Waals surface area contributed by atoms with Crippen LogP contribution in [0.4, 0.5) is 0 Å². The van der Waals surface area contributed by atoms with E-state index < -0.39 is 0 Å². The molecule has 0 radical (unpaired) electrons. The van der Waals surface area contributed by atoms with Crippen molar-refractivity contribution < 1.29 is 0 Å². The minimum atomic E-state index is 0.777. The zero-order chi connectivity index (χ0) is 7.00. The Morgan fingerprint density at radius 1 is 1.27 bits per heavy atom. The maximum atomic E-state index is 3.61. The van der Waals surface area contributed by atoms with E-state index in [0.29, 0.717) is 0 Å². The molecule has 58 valence electrons. The van der Waals surface area contributed by atoms with Crippen molar-refractivity contribution in [3.63, 3.8) is 0 Å². The molecule has 2 saturated carbocycles. The topological polar surface area (TPSA) is 12.0 Å². The smallest absolute Gasteiger partial charge is 0.0490 e. The highest BCUT2D eigenvalue weighted by Crippen LogP contribution is 2.59. The molecule has 5 unspecified atom stereocenters. The fourth-order valence-electron chi connectivity index (χ4n) is 3.31. The van der Waals surface area contributed by atoms with Gasteiger partial charge >= 0.3 is 0 Å². The minimum Gasteiger partial charge on any atom is -0.300 e. The van der Waals surface area contributed by atoms with Crippen LogP contribution in [0, 0.1) is 17.8 Å². The van der Waals surface area contributed by atoms with E-state index in [0.717, 1.165) is 29.8 Å². The molecule has 0 aromatic heterocycles. The molecule has 1 N–H and O–H groups in total. The van der Waals surface area contributed by atoms with Crippen molar-refractivity contribution in [3.05, 3.63) is 11.6 Å². The number of hydrogen-bond acceptors (Lipinski definition) is 1. The Morgan fingerprint density at radius 2 is 2.27 bits per heavy atom. The van der Waals surface area contributed by atoms with E-state index in [4.69, 9.17) is 0 Å². The predicted molar refractivity (Wildman–Crippen MR) is 43.1 cm³/mol. The molecular weight excluding hydrogens is 134 g/mol. The Labute approximate surface area is 66.9 Å². The van der Waals surface area contributed by atoms with E-state index >= 15 is 0 Å². The molecule has 3 fully saturated rings. The summed E-state index contributed by atoms with van der Waals surface area (Å²) in [5, 5.41) is 3.61. The molecule has 1 aliphatic heterocycles. The molecule has 3 aliphatic carbocycles. The zero-order valence-electron chi connectivity index (χ0n) is 6.59. The predicted octanol–water partition coefficient (Wildman–Crippen LogP) is 1.31. The molecule has 1 nitrogen and oxygen atoms in total. The van der Waals surface area contributed by atoms with Gasteiger partial charge in [-0.05, 0) is 42.6 Å². The van der Waals surface area contributed by atoms with Crippen LogP contribution in [0.2, 0.25) is 0 Å². The van der Waals surface area contributed by atoms with Crippen LogP contribution in [-0.4, -0.2) is 12.1 Å². The fraction of sp³-hybridized carbons (Fsp3) is 0.800. The molecule has 0 spiro atoms. The van der Waals surface area contributed by atoms with Gasteiger partial charge in [-0.2, -0.15) is 0 Å². The molecular formula is C10H13N. The minimum absolute atomic E-state index is 0.777. The van der Waals surface area contributed by atoms with Crippen LogP contribution in [-0.2, 0) is 0 Å². The lowest BCUT2D eigenvalue weighted by Gasteiger charge is -2.57. The van der Waals surface area contributed by atoms with Gasteiger partial charge in [0, 0.05) is 12.1 Å². The van der Waals surface area contributed by atoms with Gasteiger partial charge in [0.2, 0.25) is 0 Å². The van der Waals surface area contributed by atoms with E-state index in [9.17, 15) is 0 Å². The quantitative estimate of drug-likeness (QED) is 0.551. The summed E-state index contributed by atoms with van der Waals surface area (Å²) >= 11 is 0. The summed E-state index contributed by atoms with van der Waals surface area (Å²) in [7, 11) is 0. The maximum absolute atomic E-state index is 3.61. The van der Waals surface area contributed by atoms with Crippen LogP contribution < -0.4 is 5.32 Å². The summed E-state index contributed by atoms with van der Waals surface area (Å²) in [5.41, 5.74) is 1.75. The van der Waals surface area contributed by atoms with Crippen LogP contribution in [0.3, 0.4) is 0 Å².